The molecule has 12 heavy (non-hydrogen) atoms. The van der Waals surface area contributed by atoms with Crippen molar-refractivity contribution in [2.75, 3.05) is 0 Å². The monoisotopic (exact) mass is 159 g/mol. The number of H-pyrrole nitrogens is 1. The van der Waals surface area contributed by atoms with Gasteiger partial charge in [0.15, 0.2) is 0 Å². The molecule has 0 radical (unpaired) electrons. The van der Waals surface area contributed by atoms with Gasteiger partial charge in [-0.2, -0.15) is 0 Å². The lowest BCUT2D eigenvalue weighted by Gasteiger charge is -1.96. The van der Waals surface area contributed by atoms with Crippen LogP contribution in [0.3, 0.4) is 0 Å². The SMILES string of the molecule is Cc1cncc(-c2cc[nH]c2)n1. The summed E-state index contributed by atoms with van der Waals surface area (Å²) < 4.78 is 0. The van der Waals surface area contributed by atoms with E-state index < -0.39 is 0 Å². The van der Waals surface area contributed by atoms with Gasteiger partial charge < -0.3 is 4.98 Å². The molecule has 0 aliphatic heterocycles. The van der Waals surface area contributed by atoms with E-state index in [4.69, 9.17) is 0 Å². The Morgan fingerprint density at radius 1 is 1.33 bits per heavy atom. The molecule has 0 amide bonds. The smallest absolute Gasteiger partial charge is 0.0903 e. The van der Waals surface area contributed by atoms with Crippen molar-refractivity contribution in [1.82, 2.24) is 15.0 Å². The van der Waals surface area contributed by atoms with Gasteiger partial charge in [0.2, 0.25) is 0 Å². The summed E-state index contributed by atoms with van der Waals surface area (Å²) in [4.78, 5) is 11.4. The van der Waals surface area contributed by atoms with Gasteiger partial charge in [0.1, 0.15) is 0 Å². The molecule has 0 aliphatic carbocycles. The normalized spacial score (nSPS) is 10.1. The summed E-state index contributed by atoms with van der Waals surface area (Å²) in [6, 6.07) is 1.98. The fourth-order valence-electron chi connectivity index (χ4n) is 1.09. The van der Waals surface area contributed by atoms with Crippen LogP contribution in [0.2, 0.25) is 0 Å². The topological polar surface area (TPSA) is 41.6 Å². The van der Waals surface area contributed by atoms with Crippen molar-refractivity contribution < 1.29 is 0 Å². The predicted molar refractivity (Wildman–Crippen MR) is 46.6 cm³/mol. The van der Waals surface area contributed by atoms with E-state index in [2.05, 4.69) is 15.0 Å². The van der Waals surface area contributed by atoms with Crippen molar-refractivity contribution in [2.24, 2.45) is 0 Å². The van der Waals surface area contributed by atoms with Crippen molar-refractivity contribution in [3.05, 3.63) is 36.5 Å². The molecule has 2 aromatic heterocycles. The second-order valence-electron chi connectivity index (χ2n) is 2.65. The molecule has 0 aliphatic rings. The molecular weight excluding hydrogens is 150 g/mol. The van der Waals surface area contributed by atoms with Crippen LogP contribution in [0.25, 0.3) is 11.3 Å². The molecule has 0 aromatic carbocycles. The van der Waals surface area contributed by atoms with Gasteiger partial charge in [-0.25, -0.2) is 4.98 Å². The average molecular weight is 159 g/mol. The van der Waals surface area contributed by atoms with E-state index in [9.17, 15) is 0 Å². The number of hydrogen-bond donors (Lipinski definition) is 1. The van der Waals surface area contributed by atoms with E-state index in [1.165, 1.54) is 0 Å². The fraction of sp³-hybridized carbons (Fsp3) is 0.111. The molecule has 2 aromatic rings. The third-order valence-electron chi connectivity index (χ3n) is 1.65. The Labute approximate surface area is 70.5 Å². The number of hydrogen-bond acceptors (Lipinski definition) is 2. The molecule has 2 heterocycles. The summed E-state index contributed by atoms with van der Waals surface area (Å²) in [5, 5.41) is 0. The van der Waals surface area contributed by atoms with Gasteiger partial charge in [-0.15, -0.1) is 0 Å². The zero-order valence-electron chi connectivity index (χ0n) is 6.78. The standard InChI is InChI=1S/C9H9N3/c1-7-4-11-6-9(12-7)8-2-3-10-5-8/h2-6,10H,1H3. The maximum atomic E-state index is 4.33. The molecule has 0 saturated heterocycles. The van der Waals surface area contributed by atoms with Gasteiger partial charge in [-0.05, 0) is 13.0 Å². The fourth-order valence-corrected chi connectivity index (χ4v) is 1.09. The van der Waals surface area contributed by atoms with Gasteiger partial charge in [-0.1, -0.05) is 0 Å². The van der Waals surface area contributed by atoms with Crippen LogP contribution in [0.15, 0.2) is 30.9 Å². The van der Waals surface area contributed by atoms with Crippen LogP contribution < -0.4 is 0 Å². The minimum absolute atomic E-state index is 0.913. The highest BCUT2D eigenvalue weighted by Crippen LogP contribution is 2.13. The van der Waals surface area contributed by atoms with Crippen LogP contribution in [-0.4, -0.2) is 15.0 Å². The molecule has 0 spiro atoms. The van der Waals surface area contributed by atoms with Crippen LogP contribution in [0.1, 0.15) is 5.69 Å². The molecule has 2 rings (SSSR count). The van der Waals surface area contributed by atoms with Crippen molar-refractivity contribution in [1.29, 1.82) is 0 Å². The van der Waals surface area contributed by atoms with Crippen LogP contribution >= 0.6 is 0 Å². The van der Waals surface area contributed by atoms with E-state index >= 15 is 0 Å². The van der Waals surface area contributed by atoms with Crippen LogP contribution in [0.5, 0.6) is 0 Å². The second-order valence-corrected chi connectivity index (χ2v) is 2.65. The summed E-state index contributed by atoms with van der Waals surface area (Å²) in [6.45, 7) is 1.93. The Morgan fingerprint density at radius 2 is 2.25 bits per heavy atom. The maximum absolute atomic E-state index is 4.33. The lowest BCUT2D eigenvalue weighted by atomic mass is 10.2. The number of nitrogens with one attached hydrogen (secondary N) is 1. The Hall–Kier alpha value is -1.64. The molecule has 0 unspecified atom stereocenters. The van der Waals surface area contributed by atoms with Crippen molar-refractivity contribution in [2.45, 2.75) is 6.92 Å². The first kappa shape index (κ1) is 7.03. The van der Waals surface area contributed by atoms with Gasteiger partial charge in [-0.3, -0.25) is 4.98 Å². The summed E-state index contributed by atoms with van der Waals surface area (Å²) in [6.07, 6.45) is 7.29. The summed E-state index contributed by atoms with van der Waals surface area (Å²) in [7, 11) is 0. The Balaban J connectivity index is 2.48. The molecule has 1 N–H and O–H groups in total. The third-order valence-corrected chi connectivity index (χ3v) is 1.65. The van der Waals surface area contributed by atoms with Crippen molar-refractivity contribution >= 4 is 0 Å². The van der Waals surface area contributed by atoms with Crippen molar-refractivity contribution in [3.63, 3.8) is 0 Å². The first-order valence-corrected chi connectivity index (χ1v) is 3.78. The molecule has 0 atom stereocenters. The number of aryl methyl sites for hydroxylation is 1. The molecule has 60 valence electrons. The van der Waals surface area contributed by atoms with Crippen LogP contribution in [-0.2, 0) is 0 Å². The minimum Gasteiger partial charge on any atom is -0.367 e. The first-order valence-electron chi connectivity index (χ1n) is 3.78. The molecular formula is C9H9N3. The minimum atomic E-state index is 0.913. The molecule has 0 fully saturated rings. The van der Waals surface area contributed by atoms with Crippen LogP contribution in [0.4, 0.5) is 0 Å². The van der Waals surface area contributed by atoms with Crippen LogP contribution in [0, 0.1) is 6.92 Å². The summed E-state index contributed by atoms with van der Waals surface area (Å²) >= 11 is 0. The van der Waals surface area contributed by atoms with E-state index in [1.807, 2.05) is 25.4 Å². The van der Waals surface area contributed by atoms with E-state index in [-0.39, 0.29) is 0 Å². The quantitative estimate of drug-likeness (QED) is 0.689. The van der Waals surface area contributed by atoms with E-state index in [0.29, 0.717) is 0 Å². The van der Waals surface area contributed by atoms with E-state index in [0.717, 1.165) is 17.0 Å². The molecule has 0 bridgehead atoms. The Morgan fingerprint density at radius 3 is 2.92 bits per heavy atom. The van der Waals surface area contributed by atoms with Gasteiger partial charge >= 0.3 is 0 Å². The number of aromatic amines is 1. The highest BCUT2D eigenvalue weighted by Gasteiger charge is 1.98. The van der Waals surface area contributed by atoms with Gasteiger partial charge in [0, 0.05) is 24.2 Å². The highest BCUT2D eigenvalue weighted by molar-refractivity contribution is 5.56. The highest BCUT2D eigenvalue weighted by atomic mass is 14.8. The average Bonchev–Trinajstić information content (AvgIpc) is 2.56. The van der Waals surface area contributed by atoms with Crippen molar-refractivity contribution in [3.8, 4) is 11.3 Å². The molecule has 3 nitrogen and oxygen atoms in total. The number of nitrogens with zero attached hydrogens (tertiary/aromatic N) is 2. The molecule has 0 saturated carbocycles. The summed E-state index contributed by atoms with van der Waals surface area (Å²) in [5.41, 5.74) is 2.93. The largest absolute Gasteiger partial charge is 0.367 e. The Kier molecular flexibility index (Phi) is 1.63. The third kappa shape index (κ3) is 1.21. The lowest BCUT2D eigenvalue weighted by Crippen LogP contribution is -1.86. The zero-order chi connectivity index (χ0) is 8.39. The molecule has 3 heteroatoms. The Bertz CT molecular complexity index is 365. The van der Waals surface area contributed by atoms with Gasteiger partial charge in [0.25, 0.3) is 0 Å². The predicted octanol–water partition coefficient (Wildman–Crippen LogP) is 1.78. The maximum Gasteiger partial charge on any atom is 0.0903 e. The zero-order valence-corrected chi connectivity index (χ0v) is 6.78. The number of aromatic nitrogens is 3. The second kappa shape index (κ2) is 2.77. The van der Waals surface area contributed by atoms with E-state index in [1.54, 1.807) is 12.4 Å². The number of rotatable bonds is 1. The van der Waals surface area contributed by atoms with Gasteiger partial charge in [0.05, 0.1) is 17.6 Å². The lowest BCUT2D eigenvalue weighted by molar-refractivity contribution is 1.12. The first-order chi connectivity index (χ1) is 5.86. The summed E-state index contributed by atoms with van der Waals surface area (Å²) in [5.74, 6) is 0.